The van der Waals surface area contributed by atoms with Gasteiger partial charge in [0.25, 0.3) is 0 Å². The molecule has 2 unspecified atom stereocenters. The number of carbonyl (C=O) groups excluding carboxylic acids is 1. The predicted molar refractivity (Wildman–Crippen MR) is 36.6 cm³/mol. The molecule has 1 amide bonds. The van der Waals surface area contributed by atoms with Crippen molar-refractivity contribution in [1.82, 2.24) is 5.32 Å². The lowest BCUT2D eigenvalue weighted by atomic mass is 10.3. The number of hydrogen-bond acceptors (Lipinski definition) is 3. The predicted octanol–water partition coefficient (Wildman–Crippen LogP) is -0.351. The lowest BCUT2D eigenvalue weighted by molar-refractivity contribution is -0.137. The van der Waals surface area contributed by atoms with Gasteiger partial charge in [0.1, 0.15) is 5.25 Å². The van der Waals surface area contributed by atoms with E-state index in [1.807, 2.05) is 0 Å². The van der Waals surface area contributed by atoms with Crippen LogP contribution in [0.2, 0.25) is 0 Å². The van der Waals surface area contributed by atoms with Crippen molar-refractivity contribution in [1.29, 1.82) is 0 Å². The van der Waals surface area contributed by atoms with Gasteiger partial charge in [-0.2, -0.15) is 0 Å². The quantitative estimate of drug-likeness (QED) is 0.555. The van der Waals surface area contributed by atoms with Gasteiger partial charge in [0, 0.05) is 0 Å². The molecule has 0 aliphatic carbocycles. The Labute approximate surface area is 62.0 Å². The molecule has 4 nitrogen and oxygen atoms in total. The third-order valence-electron chi connectivity index (χ3n) is 1.29. The molecule has 0 aromatic rings. The third-order valence-corrected chi connectivity index (χ3v) is 2.67. The molecule has 0 aromatic heterocycles. The van der Waals surface area contributed by atoms with Gasteiger partial charge in [0.05, 0.1) is 5.37 Å². The Morgan fingerprint density at radius 1 is 1.80 bits per heavy atom. The van der Waals surface area contributed by atoms with Gasteiger partial charge in [0.15, 0.2) is 0 Å². The van der Waals surface area contributed by atoms with Crippen LogP contribution in [0.15, 0.2) is 0 Å². The number of hydrogen-bond donors (Lipinski definition) is 2. The van der Waals surface area contributed by atoms with Crippen molar-refractivity contribution < 1.29 is 14.7 Å². The van der Waals surface area contributed by atoms with E-state index in [9.17, 15) is 9.59 Å². The number of aliphatic carboxylic acids is 1. The van der Waals surface area contributed by atoms with Crippen LogP contribution in [0, 0.1) is 0 Å². The minimum absolute atomic E-state index is 0.0126. The van der Waals surface area contributed by atoms with Crippen LogP contribution in [-0.4, -0.2) is 28.1 Å². The average Bonchev–Trinajstić information content (AvgIpc) is 1.76. The molecule has 0 saturated carbocycles. The molecule has 1 heterocycles. The van der Waals surface area contributed by atoms with E-state index in [1.54, 1.807) is 0 Å². The van der Waals surface area contributed by atoms with Gasteiger partial charge >= 0.3 is 5.97 Å². The summed E-state index contributed by atoms with van der Waals surface area (Å²) in [7, 11) is 0. The molecule has 5 heteroatoms. The van der Waals surface area contributed by atoms with Crippen LogP contribution in [0.3, 0.4) is 0 Å². The molecular weight excluding hydrogens is 154 g/mol. The fraction of sp³-hybridized carbons (Fsp3) is 0.600. The Kier molecular flexibility index (Phi) is 2.16. The van der Waals surface area contributed by atoms with Crippen LogP contribution >= 0.6 is 11.8 Å². The molecule has 2 atom stereocenters. The van der Waals surface area contributed by atoms with Crippen LogP contribution in [0.5, 0.6) is 0 Å². The second-order valence-electron chi connectivity index (χ2n) is 1.97. The first-order valence-electron chi connectivity index (χ1n) is 2.82. The molecule has 0 bridgehead atoms. The van der Waals surface area contributed by atoms with E-state index < -0.39 is 5.97 Å². The minimum Gasteiger partial charge on any atom is -0.480 e. The van der Waals surface area contributed by atoms with Gasteiger partial charge in [-0.1, -0.05) is 0 Å². The number of rotatable bonds is 3. The molecular formula is C5H7NO3S. The first kappa shape index (κ1) is 7.40. The smallest absolute Gasteiger partial charge is 0.316 e. The highest BCUT2D eigenvalue weighted by Crippen LogP contribution is 2.34. The summed E-state index contributed by atoms with van der Waals surface area (Å²) < 4.78 is 0. The minimum atomic E-state index is -0.797. The van der Waals surface area contributed by atoms with Crippen LogP contribution in [0.1, 0.15) is 6.42 Å². The highest BCUT2D eigenvalue weighted by molar-refractivity contribution is 8.02. The van der Waals surface area contributed by atoms with Gasteiger partial charge in [0.2, 0.25) is 6.41 Å². The van der Waals surface area contributed by atoms with Crippen molar-refractivity contribution in [3.63, 3.8) is 0 Å². The fourth-order valence-corrected chi connectivity index (χ4v) is 1.62. The van der Waals surface area contributed by atoms with E-state index in [1.165, 1.54) is 11.8 Å². The van der Waals surface area contributed by atoms with Crippen LogP contribution in [0.4, 0.5) is 0 Å². The zero-order valence-electron chi connectivity index (χ0n) is 5.11. The highest BCUT2D eigenvalue weighted by Gasteiger charge is 2.34. The van der Waals surface area contributed by atoms with Crippen LogP contribution in [0.25, 0.3) is 0 Å². The average molecular weight is 161 g/mol. The summed E-state index contributed by atoms with van der Waals surface area (Å²) >= 11 is 1.26. The standard InChI is InChI=1S/C5H7NO3S/c7-2-6-4-1-3(10-4)5(8)9/h2-4H,1H2,(H,6,7)(H,8,9). The fourth-order valence-electron chi connectivity index (χ4n) is 0.724. The molecule has 1 saturated heterocycles. The maximum Gasteiger partial charge on any atom is 0.316 e. The molecule has 56 valence electrons. The summed E-state index contributed by atoms with van der Waals surface area (Å²) in [6.45, 7) is 0. The molecule has 0 aromatic carbocycles. The first-order valence-corrected chi connectivity index (χ1v) is 3.76. The number of carboxylic acid groups (broad SMARTS) is 1. The number of nitrogens with one attached hydrogen (secondary N) is 1. The van der Waals surface area contributed by atoms with E-state index in [-0.39, 0.29) is 10.6 Å². The molecule has 0 spiro atoms. The zero-order chi connectivity index (χ0) is 7.56. The Balaban J connectivity index is 2.17. The zero-order valence-corrected chi connectivity index (χ0v) is 5.93. The Hall–Kier alpha value is -0.710. The number of thioether (sulfide) groups is 1. The van der Waals surface area contributed by atoms with Crippen molar-refractivity contribution >= 4 is 24.1 Å². The van der Waals surface area contributed by atoms with Gasteiger partial charge in [-0.05, 0) is 6.42 Å². The summed E-state index contributed by atoms with van der Waals surface area (Å²) in [5, 5.41) is 10.6. The van der Waals surface area contributed by atoms with E-state index >= 15 is 0 Å². The molecule has 10 heavy (non-hydrogen) atoms. The van der Waals surface area contributed by atoms with Crippen molar-refractivity contribution in [2.75, 3.05) is 0 Å². The van der Waals surface area contributed by atoms with Gasteiger partial charge in [-0.15, -0.1) is 11.8 Å². The monoisotopic (exact) mass is 161 g/mol. The molecule has 2 N–H and O–H groups in total. The van der Waals surface area contributed by atoms with Crippen molar-refractivity contribution in [2.45, 2.75) is 17.0 Å². The third kappa shape index (κ3) is 1.41. The van der Waals surface area contributed by atoms with Gasteiger partial charge < -0.3 is 10.4 Å². The molecule has 0 radical (unpaired) electrons. The Morgan fingerprint density at radius 3 is 2.80 bits per heavy atom. The van der Waals surface area contributed by atoms with Crippen molar-refractivity contribution in [3.05, 3.63) is 0 Å². The van der Waals surface area contributed by atoms with Crippen molar-refractivity contribution in [2.24, 2.45) is 0 Å². The van der Waals surface area contributed by atoms with Gasteiger partial charge in [-0.3, -0.25) is 9.59 Å². The SMILES string of the molecule is O=CNC1CC(C(=O)O)S1. The number of amides is 1. The first-order chi connectivity index (χ1) is 4.74. The maximum atomic E-state index is 10.2. The Bertz CT molecular complexity index is 155. The highest BCUT2D eigenvalue weighted by atomic mass is 32.2. The lowest BCUT2D eigenvalue weighted by Gasteiger charge is -2.30. The molecule has 1 fully saturated rings. The molecule has 1 aliphatic rings. The summed E-state index contributed by atoms with van der Waals surface area (Å²) in [4.78, 5) is 20.0. The normalized spacial score (nSPS) is 30.4. The Morgan fingerprint density at radius 2 is 2.40 bits per heavy atom. The summed E-state index contributed by atoms with van der Waals surface area (Å²) in [6.07, 6.45) is 1.13. The summed E-state index contributed by atoms with van der Waals surface area (Å²) in [6, 6.07) is 0. The van der Waals surface area contributed by atoms with E-state index in [2.05, 4.69) is 5.32 Å². The number of carbonyl (C=O) groups is 2. The molecule has 1 aliphatic heterocycles. The number of carboxylic acids is 1. The van der Waals surface area contributed by atoms with E-state index in [4.69, 9.17) is 5.11 Å². The summed E-state index contributed by atoms with van der Waals surface area (Å²) in [5.74, 6) is -0.797. The second-order valence-corrected chi connectivity index (χ2v) is 3.38. The lowest BCUT2D eigenvalue weighted by Crippen LogP contribution is -2.41. The largest absolute Gasteiger partial charge is 0.480 e. The molecule has 1 rings (SSSR count). The topological polar surface area (TPSA) is 66.4 Å². The van der Waals surface area contributed by atoms with Crippen LogP contribution < -0.4 is 5.32 Å². The maximum absolute atomic E-state index is 10.2. The van der Waals surface area contributed by atoms with Crippen LogP contribution in [-0.2, 0) is 9.59 Å². The van der Waals surface area contributed by atoms with E-state index in [0.717, 1.165) is 0 Å². The van der Waals surface area contributed by atoms with Gasteiger partial charge in [-0.25, -0.2) is 0 Å². The summed E-state index contributed by atoms with van der Waals surface area (Å²) in [5.41, 5.74) is 0. The van der Waals surface area contributed by atoms with E-state index in [0.29, 0.717) is 12.8 Å². The second kappa shape index (κ2) is 2.92. The van der Waals surface area contributed by atoms with Crippen molar-refractivity contribution in [3.8, 4) is 0 Å².